The van der Waals surface area contributed by atoms with Gasteiger partial charge in [0.2, 0.25) is 5.91 Å². The van der Waals surface area contributed by atoms with Crippen LogP contribution in [0.3, 0.4) is 0 Å². The second-order valence-electron chi connectivity index (χ2n) is 7.15. The first kappa shape index (κ1) is 19.7. The summed E-state index contributed by atoms with van der Waals surface area (Å²) in [7, 11) is 0. The number of benzene rings is 2. The number of piperazine rings is 1. The number of carbonyl (C=O) groups excluding carboxylic acids is 3. The lowest BCUT2D eigenvalue weighted by Gasteiger charge is -2.35. The number of carbonyl (C=O) groups is 3. The van der Waals surface area contributed by atoms with Gasteiger partial charge in [0, 0.05) is 43.2 Å². The van der Waals surface area contributed by atoms with Crippen molar-refractivity contribution in [1.29, 1.82) is 0 Å². The average molecular weight is 382 g/mol. The maximum absolute atomic E-state index is 13.1. The molecule has 2 aromatic rings. The van der Waals surface area contributed by atoms with E-state index in [-0.39, 0.29) is 23.5 Å². The van der Waals surface area contributed by atoms with Gasteiger partial charge in [-0.2, -0.15) is 0 Å². The summed E-state index contributed by atoms with van der Waals surface area (Å²) in [4.78, 5) is 41.4. The molecule has 1 aliphatic rings. The zero-order chi connectivity index (χ0) is 20.3. The first-order valence-corrected chi connectivity index (χ1v) is 9.36. The standard InChI is InChI=1S/C22H23FN2O3/c1-15(2)21(27)24-11-13-25(14-12-24)22(28)19-6-4-3-5-18(19)20(26)16-7-9-17(23)10-8-16/h3-10,15H,11-14H2,1-2H3. The van der Waals surface area contributed by atoms with E-state index in [0.29, 0.717) is 42.9 Å². The van der Waals surface area contributed by atoms with Gasteiger partial charge in [-0.1, -0.05) is 32.0 Å². The number of hydrogen-bond donors (Lipinski definition) is 0. The lowest BCUT2D eigenvalue weighted by molar-refractivity contribution is -0.135. The minimum atomic E-state index is -0.422. The summed E-state index contributed by atoms with van der Waals surface area (Å²) in [5.41, 5.74) is 0.939. The predicted molar refractivity (Wildman–Crippen MR) is 104 cm³/mol. The van der Waals surface area contributed by atoms with Crippen LogP contribution in [0.1, 0.15) is 40.1 Å². The van der Waals surface area contributed by atoms with Crippen LogP contribution in [0.4, 0.5) is 4.39 Å². The highest BCUT2D eigenvalue weighted by Gasteiger charge is 2.28. The van der Waals surface area contributed by atoms with Crippen LogP contribution in [0.5, 0.6) is 0 Å². The number of nitrogens with zero attached hydrogens (tertiary/aromatic N) is 2. The fourth-order valence-corrected chi connectivity index (χ4v) is 3.29. The molecule has 1 aliphatic heterocycles. The van der Waals surface area contributed by atoms with Gasteiger partial charge in [-0.3, -0.25) is 14.4 Å². The molecule has 1 saturated heterocycles. The lowest BCUT2D eigenvalue weighted by Crippen LogP contribution is -2.51. The van der Waals surface area contributed by atoms with E-state index in [1.54, 1.807) is 34.1 Å². The van der Waals surface area contributed by atoms with Crippen LogP contribution < -0.4 is 0 Å². The molecule has 0 saturated carbocycles. The summed E-state index contributed by atoms with van der Waals surface area (Å²) in [5, 5.41) is 0. The molecule has 3 rings (SSSR count). The highest BCUT2D eigenvalue weighted by atomic mass is 19.1. The van der Waals surface area contributed by atoms with Crippen molar-refractivity contribution in [2.24, 2.45) is 5.92 Å². The Labute approximate surface area is 163 Å². The summed E-state index contributed by atoms with van der Waals surface area (Å²) in [5.74, 6) is -0.967. The van der Waals surface area contributed by atoms with Gasteiger partial charge in [-0.25, -0.2) is 4.39 Å². The molecule has 0 aliphatic carbocycles. The van der Waals surface area contributed by atoms with E-state index in [0.717, 1.165) is 0 Å². The molecular formula is C22H23FN2O3. The summed E-state index contributed by atoms with van der Waals surface area (Å²) in [6.07, 6.45) is 0. The largest absolute Gasteiger partial charge is 0.339 e. The zero-order valence-corrected chi connectivity index (χ0v) is 16.0. The minimum Gasteiger partial charge on any atom is -0.339 e. The highest BCUT2D eigenvalue weighted by Crippen LogP contribution is 2.18. The maximum Gasteiger partial charge on any atom is 0.254 e. The van der Waals surface area contributed by atoms with E-state index in [1.165, 1.54) is 24.3 Å². The molecule has 2 aromatic carbocycles. The lowest BCUT2D eigenvalue weighted by atomic mass is 9.97. The second-order valence-corrected chi connectivity index (χ2v) is 7.15. The van der Waals surface area contributed by atoms with Gasteiger partial charge in [0.05, 0.1) is 5.56 Å². The summed E-state index contributed by atoms with van der Waals surface area (Å²) in [6.45, 7) is 5.54. The van der Waals surface area contributed by atoms with Gasteiger partial charge in [-0.15, -0.1) is 0 Å². The van der Waals surface area contributed by atoms with Crippen LogP contribution in [0.25, 0.3) is 0 Å². The number of ketones is 1. The number of halogens is 1. The molecule has 6 heteroatoms. The fraction of sp³-hybridized carbons (Fsp3) is 0.318. The molecule has 146 valence electrons. The molecule has 2 amide bonds. The van der Waals surface area contributed by atoms with Crippen molar-refractivity contribution in [1.82, 2.24) is 9.80 Å². The second kappa shape index (κ2) is 8.33. The van der Waals surface area contributed by atoms with Crippen LogP contribution in [0, 0.1) is 11.7 Å². The maximum atomic E-state index is 13.1. The van der Waals surface area contributed by atoms with Gasteiger partial charge in [0.1, 0.15) is 5.82 Å². The molecule has 28 heavy (non-hydrogen) atoms. The first-order valence-electron chi connectivity index (χ1n) is 9.36. The van der Waals surface area contributed by atoms with Crippen molar-refractivity contribution >= 4 is 17.6 Å². The Kier molecular flexibility index (Phi) is 5.87. The summed E-state index contributed by atoms with van der Waals surface area (Å²) < 4.78 is 13.1. The fourth-order valence-electron chi connectivity index (χ4n) is 3.29. The van der Waals surface area contributed by atoms with Gasteiger partial charge >= 0.3 is 0 Å². The predicted octanol–water partition coefficient (Wildman–Crippen LogP) is 3.00. The van der Waals surface area contributed by atoms with E-state index in [4.69, 9.17) is 0 Å². The molecule has 0 bridgehead atoms. The third-order valence-electron chi connectivity index (χ3n) is 4.88. The normalized spacial score (nSPS) is 14.3. The third-order valence-corrected chi connectivity index (χ3v) is 4.88. The monoisotopic (exact) mass is 382 g/mol. The molecule has 5 nitrogen and oxygen atoms in total. The molecule has 0 N–H and O–H groups in total. The number of rotatable bonds is 4. The highest BCUT2D eigenvalue weighted by molar-refractivity contribution is 6.15. The van der Waals surface area contributed by atoms with Crippen molar-refractivity contribution in [3.63, 3.8) is 0 Å². The molecule has 0 radical (unpaired) electrons. The summed E-state index contributed by atoms with van der Waals surface area (Å²) >= 11 is 0. The average Bonchev–Trinajstić information content (AvgIpc) is 2.72. The molecule has 0 atom stereocenters. The van der Waals surface area contributed by atoms with Crippen LogP contribution in [0.15, 0.2) is 48.5 Å². The Bertz CT molecular complexity index is 885. The van der Waals surface area contributed by atoms with E-state index in [1.807, 2.05) is 13.8 Å². The zero-order valence-electron chi connectivity index (χ0n) is 16.0. The molecule has 1 heterocycles. The SMILES string of the molecule is CC(C)C(=O)N1CCN(C(=O)c2ccccc2C(=O)c2ccc(F)cc2)CC1. The van der Waals surface area contributed by atoms with E-state index in [2.05, 4.69) is 0 Å². The van der Waals surface area contributed by atoms with E-state index < -0.39 is 5.82 Å². The van der Waals surface area contributed by atoms with Crippen LogP contribution in [0.2, 0.25) is 0 Å². The Hall–Kier alpha value is -3.02. The third kappa shape index (κ3) is 4.11. The molecular weight excluding hydrogens is 359 g/mol. The van der Waals surface area contributed by atoms with Crippen LogP contribution in [-0.2, 0) is 4.79 Å². The molecule has 0 spiro atoms. The quantitative estimate of drug-likeness (QED) is 0.764. The van der Waals surface area contributed by atoms with Crippen molar-refractivity contribution in [2.75, 3.05) is 26.2 Å². The van der Waals surface area contributed by atoms with Gasteiger partial charge < -0.3 is 9.80 Å². The Morgan fingerprint density at radius 2 is 1.36 bits per heavy atom. The minimum absolute atomic E-state index is 0.0729. The van der Waals surface area contributed by atoms with Crippen molar-refractivity contribution < 1.29 is 18.8 Å². The topological polar surface area (TPSA) is 57.7 Å². The molecule has 1 fully saturated rings. The van der Waals surface area contributed by atoms with Gasteiger partial charge in [-0.05, 0) is 30.3 Å². The summed E-state index contributed by atoms with van der Waals surface area (Å²) in [6, 6.07) is 11.9. The Morgan fingerprint density at radius 3 is 1.93 bits per heavy atom. The van der Waals surface area contributed by atoms with E-state index >= 15 is 0 Å². The van der Waals surface area contributed by atoms with Gasteiger partial charge in [0.15, 0.2) is 5.78 Å². The van der Waals surface area contributed by atoms with Crippen LogP contribution in [-0.4, -0.2) is 53.6 Å². The Balaban J connectivity index is 1.78. The Morgan fingerprint density at radius 1 is 0.821 bits per heavy atom. The van der Waals surface area contributed by atoms with Crippen molar-refractivity contribution in [3.05, 3.63) is 71.0 Å². The smallest absolute Gasteiger partial charge is 0.254 e. The van der Waals surface area contributed by atoms with E-state index in [9.17, 15) is 18.8 Å². The van der Waals surface area contributed by atoms with Gasteiger partial charge in [0.25, 0.3) is 5.91 Å². The van der Waals surface area contributed by atoms with Crippen molar-refractivity contribution in [3.8, 4) is 0 Å². The molecule has 0 unspecified atom stereocenters. The number of hydrogen-bond acceptors (Lipinski definition) is 3. The molecule has 0 aromatic heterocycles. The first-order chi connectivity index (χ1) is 13.4. The number of amides is 2. The van der Waals surface area contributed by atoms with Crippen LogP contribution >= 0.6 is 0 Å². The van der Waals surface area contributed by atoms with Crippen molar-refractivity contribution in [2.45, 2.75) is 13.8 Å².